The van der Waals surface area contributed by atoms with Gasteiger partial charge in [0.2, 0.25) is 17.7 Å². The van der Waals surface area contributed by atoms with Crippen LogP contribution in [0.15, 0.2) is 54.1 Å². The number of primary amides is 1. The third-order valence-corrected chi connectivity index (χ3v) is 16.0. The van der Waals surface area contributed by atoms with Gasteiger partial charge in [-0.05, 0) is 94.0 Å². The highest BCUT2D eigenvalue weighted by molar-refractivity contribution is 7.09. The van der Waals surface area contributed by atoms with Gasteiger partial charge in [-0.2, -0.15) is 0 Å². The number of aromatic nitrogens is 1. The molecule has 5 amide bonds. The zero-order valence-corrected chi connectivity index (χ0v) is 47.5. The van der Waals surface area contributed by atoms with Crippen molar-refractivity contribution in [3.8, 4) is 0 Å². The van der Waals surface area contributed by atoms with Crippen molar-refractivity contribution in [1.29, 1.82) is 0 Å². The number of rotatable bonds is 34. The monoisotopic (exact) mass is 1090 g/mol. The number of likely N-dealkylation sites (tertiary alicyclic amines) is 1. The maximum absolute atomic E-state index is 14.4. The number of unbranched alkanes of at least 4 members (excludes halogenated alkanes) is 3. The summed E-state index contributed by atoms with van der Waals surface area (Å²) in [5, 5.41) is 17.7. The Kier molecular flexibility index (Phi) is 25.8. The number of Topliss-reactive ketones (excluding diaryl/α,β-unsaturated/α-hetero) is 2. The Morgan fingerprint density at radius 2 is 1.62 bits per heavy atom. The topological polar surface area (TPSA) is 256 Å². The van der Waals surface area contributed by atoms with Crippen molar-refractivity contribution in [2.45, 2.75) is 181 Å². The van der Waals surface area contributed by atoms with Crippen LogP contribution in [0.25, 0.3) is 0 Å². The maximum atomic E-state index is 14.4. The molecule has 424 valence electrons. The minimum atomic E-state index is -1.03. The molecule has 0 radical (unpaired) electrons. The Morgan fingerprint density at radius 3 is 2.23 bits per heavy atom. The number of amides is 5. The van der Waals surface area contributed by atoms with E-state index >= 15 is 0 Å². The number of hydrogen-bond acceptors (Lipinski definition) is 13. The number of aliphatic carboxylic acids is 1. The Hall–Kier alpha value is -6.08. The molecule has 1 fully saturated rings. The van der Waals surface area contributed by atoms with Crippen LogP contribution in [0.3, 0.4) is 0 Å². The molecule has 18 nitrogen and oxygen atoms in total. The molecule has 1 aromatic carbocycles. The summed E-state index contributed by atoms with van der Waals surface area (Å²) < 4.78 is 5.84. The molecule has 0 saturated carbocycles. The van der Waals surface area contributed by atoms with Crippen molar-refractivity contribution < 1.29 is 53.0 Å². The zero-order chi connectivity index (χ0) is 56.9. The summed E-state index contributed by atoms with van der Waals surface area (Å²) in [6.07, 6.45) is 10.1. The molecule has 19 heteroatoms. The Labute approximate surface area is 459 Å². The number of thiazole rings is 1. The van der Waals surface area contributed by atoms with Gasteiger partial charge >= 0.3 is 11.9 Å². The van der Waals surface area contributed by atoms with Gasteiger partial charge in [0.05, 0.1) is 18.0 Å². The van der Waals surface area contributed by atoms with E-state index in [2.05, 4.69) is 27.1 Å². The number of piperidine rings is 1. The number of carboxylic acid groups (broad SMARTS) is 1. The molecule has 0 bridgehead atoms. The van der Waals surface area contributed by atoms with E-state index in [1.807, 2.05) is 46.9 Å². The molecule has 4 rings (SSSR count). The lowest BCUT2D eigenvalue weighted by Gasteiger charge is -2.37. The molecule has 2 aromatic rings. The summed E-state index contributed by atoms with van der Waals surface area (Å²) in [5.41, 5.74) is 7.47. The average Bonchev–Trinajstić information content (AvgIpc) is 4.00. The van der Waals surface area contributed by atoms with E-state index in [0.29, 0.717) is 67.8 Å². The quantitative estimate of drug-likeness (QED) is 0.0397. The smallest absolute Gasteiger partial charge is 0.306 e. The SMILES string of the molecule is C=C1C=CC(=O)N1CCCCCC(=O)N[C@@H](CCCCC(N)=O)C(=O)Cc1ccc(C[C@@H](CC(C)C(=O)O)NC(=O)c2csc([C@@H](C[C@H](C(C)C)N(C)C(=O)[C@@H](CC(=O)[C@H]3CCCCN3C)[C@@H](C)CC)OC(C)=O)n2)cc1. The molecule has 2 aliphatic heterocycles. The molecule has 3 heterocycles. The van der Waals surface area contributed by atoms with Gasteiger partial charge in [-0.1, -0.05) is 91.1 Å². The number of allylic oxidation sites excluding steroid dienone is 1. The molecule has 1 saturated heterocycles. The Balaban J connectivity index is 1.43. The Bertz CT molecular complexity index is 2380. The molecule has 1 unspecified atom stereocenters. The second kappa shape index (κ2) is 31.4. The van der Waals surface area contributed by atoms with Crippen molar-refractivity contribution in [3.63, 3.8) is 0 Å². The molecule has 5 N–H and O–H groups in total. The van der Waals surface area contributed by atoms with E-state index in [-0.39, 0.29) is 97.8 Å². The fourth-order valence-corrected chi connectivity index (χ4v) is 11.0. The van der Waals surface area contributed by atoms with Crippen molar-refractivity contribution in [1.82, 2.24) is 30.3 Å². The van der Waals surface area contributed by atoms with Crippen LogP contribution in [-0.2, 0) is 55.9 Å². The first-order valence-electron chi connectivity index (χ1n) is 27.5. The van der Waals surface area contributed by atoms with Gasteiger partial charge in [0.1, 0.15) is 10.7 Å². The number of ether oxygens (including phenoxy) is 1. The van der Waals surface area contributed by atoms with Gasteiger partial charge in [0.25, 0.3) is 11.8 Å². The van der Waals surface area contributed by atoms with Crippen molar-refractivity contribution in [2.24, 2.45) is 29.4 Å². The van der Waals surface area contributed by atoms with Crippen molar-refractivity contribution in [2.75, 3.05) is 27.2 Å². The number of carbonyl (C=O) groups excluding carboxylic acids is 8. The zero-order valence-electron chi connectivity index (χ0n) is 46.7. The lowest BCUT2D eigenvalue weighted by Crippen LogP contribution is -2.48. The molecular formula is C58H85N7O11S. The predicted molar refractivity (Wildman–Crippen MR) is 295 cm³/mol. The maximum Gasteiger partial charge on any atom is 0.306 e. The van der Waals surface area contributed by atoms with Crippen LogP contribution in [0.4, 0.5) is 0 Å². The molecule has 8 atom stereocenters. The van der Waals surface area contributed by atoms with Crippen LogP contribution in [0.1, 0.15) is 171 Å². The lowest BCUT2D eigenvalue weighted by atomic mass is 9.83. The third kappa shape index (κ3) is 20.3. The van der Waals surface area contributed by atoms with Crippen LogP contribution in [0.2, 0.25) is 0 Å². The van der Waals surface area contributed by atoms with Gasteiger partial charge in [0.15, 0.2) is 17.7 Å². The van der Waals surface area contributed by atoms with Crippen molar-refractivity contribution >= 4 is 64.4 Å². The van der Waals surface area contributed by atoms with Gasteiger partial charge in [0, 0.05) is 87.8 Å². The summed E-state index contributed by atoms with van der Waals surface area (Å²) in [4.78, 5) is 127. The van der Waals surface area contributed by atoms with E-state index < -0.39 is 59.8 Å². The van der Waals surface area contributed by atoms with Gasteiger partial charge < -0.3 is 36.0 Å². The first kappa shape index (κ1) is 63.5. The summed E-state index contributed by atoms with van der Waals surface area (Å²) in [6, 6.07) is 5.12. The third-order valence-electron chi connectivity index (χ3n) is 15.1. The number of carboxylic acids is 1. The number of likely N-dealkylation sites (N-methyl/N-ethyl adjacent to an activating group) is 1. The second-order valence-electron chi connectivity index (χ2n) is 21.6. The molecule has 1 aromatic heterocycles. The highest BCUT2D eigenvalue weighted by atomic mass is 32.1. The van der Waals surface area contributed by atoms with Crippen LogP contribution in [0, 0.1) is 23.7 Å². The Morgan fingerprint density at radius 1 is 0.935 bits per heavy atom. The van der Waals surface area contributed by atoms with E-state index in [1.165, 1.54) is 13.0 Å². The predicted octanol–water partition coefficient (Wildman–Crippen LogP) is 7.29. The first-order chi connectivity index (χ1) is 36.5. The number of ketones is 2. The fourth-order valence-electron chi connectivity index (χ4n) is 10.2. The largest absolute Gasteiger partial charge is 0.481 e. The van der Waals surface area contributed by atoms with Gasteiger partial charge in [-0.25, -0.2) is 4.98 Å². The van der Waals surface area contributed by atoms with E-state index in [1.54, 1.807) is 47.4 Å². The summed E-state index contributed by atoms with van der Waals surface area (Å²) in [7, 11) is 3.70. The van der Waals surface area contributed by atoms with E-state index in [9.17, 15) is 48.3 Å². The fraction of sp³-hybridized carbons (Fsp3) is 0.621. The summed E-state index contributed by atoms with van der Waals surface area (Å²) in [5.74, 6) is -4.73. The number of hydrogen-bond donors (Lipinski definition) is 4. The van der Waals surface area contributed by atoms with Crippen LogP contribution in [-0.4, -0.2) is 129 Å². The van der Waals surface area contributed by atoms with Crippen molar-refractivity contribution in [3.05, 3.63) is 75.9 Å². The van der Waals surface area contributed by atoms with Gasteiger partial charge in [-0.15, -0.1) is 11.3 Å². The number of benzene rings is 1. The molecule has 0 aliphatic carbocycles. The first-order valence-corrected chi connectivity index (χ1v) is 28.4. The highest BCUT2D eigenvalue weighted by Gasteiger charge is 2.38. The average molecular weight is 1090 g/mol. The molecular weight excluding hydrogens is 1000 g/mol. The van der Waals surface area contributed by atoms with Crippen LogP contribution < -0.4 is 16.4 Å². The minimum absolute atomic E-state index is 0.0159. The highest BCUT2D eigenvalue weighted by Crippen LogP contribution is 2.33. The van der Waals surface area contributed by atoms with E-state index in [0.717, 1.165) is 42.7 Å². The van der Waals surface area contributed by atoms with E-state index in [4.69, 9.17) is 10.5 Å². The summed E-state index contributed by atoms with van der Waals surface area (Å²) in [6.45, 7) is 16.0. The standard InChI is InChI=1S/C58H85N7O11S/c1-10-37(4)44(33-50(68)47-19-15-17-28-63(47)8)57(73)64(9)48(36(2)3)34-51(76-40(7)66)56-62-46(35-77-56)55(72)60-43(30-38(5)58(74)75)31-41-23-25-42(26-24-41)32-49(67)45(18-13-14-20-52(59)69)61-53(70)21-12-11-16-29-65-39(6)22-27-54(65)71/h22-27,35-38,43-45,47-48,51H,6,10-21,28-34H2,1-5,7-9H3,(H2,59,69)(H,60,72)(H,61,70)(H,74,75)/t37-,38?,43+,44-,45-,47+,48+,51+/m0/s1. The van der Waals surface area contributed by atoms with Crippen LogP contribution >= 0.6 is 11.3 Å². The molecule has 2 aliphatic rings. The number of esters is 1. The number of nitrogens with two attached hydrogens (primary N) is 1. The van der Waals surface area contributed by atoms with Gasteiger partial charge in [-0.3, -0.25) is 48.1 Å². The second-order valence-corrected chi connectivity index (χ2v) is 22.5. The minimum Gasteiger partial charge on any atom is -0.481 e. The molecule has 0 spiro atoms. The molecule has 77 heavy (non-hydrogen) atoms. The number of carbonyl (C=O) groups is 9. The summed E-state index contributed by atoms with van der Waals surface area (Å²) >= 11 is 1.14. The van der Waals surface area contributed by atoms with Crippen LogP contribution in [0.5, 0.6) is 0 Å². The normalized spacial score (nSPS) is 17.5. The number of nitrogens with one attached hydrogen (secondary N) is 2. The number of nitrogens with zero attached hydrogens (tertiary/aromatic N) is 4. The lowest BCUT2D eigenvalue weighted by molar-refractivity contribution is -0.149.